The van der Waals surface area contributed by atoms with Gasteiger partial charge in [-0.1, -0.05) is 32.0 Å². The Balaban J connectivity index is 0.00000576. The van der Waals surface area contributed by atoms with E-state index in [-0.39, 0.29) is 30.0 Å². The maximum Gasteiger partial charge on any atom is 0.242 e. The molecule has 1 aromatic carbocycles. The molecule has 0 aliphatic carbocycles. The average Bonchev–Trinajstić information content (AvgIpc) is 2.52. The van der Waals surface area contributed by atoms with Gasteiger partial charge in [0.1, 0.15) is 0 Å². The van der Waals surface area contributed by atoms with Crippen molar-refractivity contribution in [3.8, 4) is 0 Å². The predicted octanol–water partition coefficient (Wildman–Crippen LogP) is 2.65. The van der Waals surface area contributed by atoms with Gasteiger partial charge in [-0.2, -0.15) is 0 Å². The number of guanidine groups is 1. The van der Waals surface area contributed by atoms with Gasteiger partial charge < -0.3 is 10.6 Å². The number of hydrogen-bond acceptors (Lipinski definition) is 3. The summed E-state index contributed by atoms with van der Waals surface area (Å²) in [5.41, 5.74) is 0.681. The van der Waals surface area contributed by atoms with Crippen molar-refractivity contribution < 1.29 is 8.42 Å². The largest absolute Gasteiger partial charge is 0.357 e. The van der Waals surface area contributed by atoms with Crippen LogP contribution in [0.3, 0.4) is 0 Å². The first-order valence-corrected chi connectivity index (χ1v) is 9.69. The molecule has 1 rings (SSSR count). The zero-order valence-electron chi connectivity index (χ0n) is 15.9. The third-order valence-electron chi connectivity index (χ3n) is 3.85. The Morgan fingerprint density at radius 1 is 1.20 bits per heavy atom. The maximum atomic E-state index is 12.4. The molecule has 0 saturated heterocycles. The second-order valence-electron chi connectivity index (χ2n) is 6.27. The summed E-state index contributed by atoms with van der Waals surface area (Å²) in [6.07, 6.45) is 0. The van der Waals surface area contributed by atoms with Crippen LogP contribution in [-0.2, 0) is 16.6 Å². The fourth-order valence-electron chi connectivity index (χ4n) is 1.95. The molecule has 0 aliphatic rings. The lowest BCUT2D eigenvalue weighted by atomic mass is 10.1. The Morgan fingerprint density at radius 3 is 2.32 bits per heavy atom. The predicted molar refractivity (Wildman–Crippen MR) is 115 cm³/mol. The zero-order valence-corrected chi connectivity index (χ0v) is 19.1. The Bertz CT molecular complexity index is 660. The van der Waals surface area contributed by atoms with E-state index in [1.54, 1.807) is 18.2 Å². The van der Waals surface area contributed by atoms with Gasteiger partial charge in [-0.25, -0.2) is 17.7 Å². The summed E-state index contributed by atoms with van der Waals surface area (Å²) in [5.74, 6) is 1.16. The highest BCUT2D eigenvalue weighted by molar-refractivity contribution is 14.0. The van der Waals surface area contributed by atoms with E-state index >= 15 is 0 Å². The van der Waals surface area contributed by atoms with Gasteiger partial charge >= 0.3 is 0 Å². The van der Waals surface area contributed by atoms with Gasteiger partial charge in [0.15, 0.2) is 5.96 Å². The normalized spacial score (nSPS) is 13.5. The van der Waals surface area contributed by atoms with Crippen molar-refractivity contribution in [3.63, 3.8) is 0 Å². The molecule has 25 heavy (non-hydrogen) atoms. The number of nitrogens with one attached hydrogen (secondary N) is 2. The molecule has 6 nitrogen and oxygen atoms in total. The minimum Gasteiger partial charge on any atom is -0.357 e. The van der Waals surface area contributed by atoms with E-state index in [4.69, 9.17) is 0 Å². The van der Waals surface area contributed by atoms with Crippen LogP contribution in [0.1, 0.15) is 33.3 Å². The molecule has 0 spiro atoms. The fourth-order valence-corrected chi connectivity index (χ4v) is 3.06. The Labute approximate surface area is 169 Å². The van der Waals surface area contributed by atoms with E-state index in [0.29, 0.717) is 28.9 Å². The molecule has 1 aromatic rings. The van der Waals surface area contributed by atoms with Gasteiger partial charge in [-0.15, -0.1) is 24.0 Å². The first-order valence-electron chi connectivity index (χ1n) is 8.25. The summed E-state index contributed by atoms with van der Waals surface area (Å²) in [5, 5.41) is 6.55. The van der Waals surface area contributed by atoms with E-state index in [0.717, 1.165) is 6.54 Å². The highest BCUT2D eigenvalue weighted by Gasteiger charge is 2.20. The fraction of sp³-hybridized carbons (Fsp3) is 0.588. The van der Waals surface area contributed by atoms with Crippen molar-refractivity contribution in [2.45, 2.75) is 45.2 Å². The molecule has 1 unspecified atom stereocenters. The van der Waals surface area contributed by atoms with Gasteiger partial charge in [-0.3, -0.25) is 0 Å². The Kier molecular flexibility index (Phi) is 10.6. The lowest BCUT2D eigenvalue weighted by Crippen LogP contribution is -2.44. The summed E-state index contributed by atoms with van der Waals surface area (Å²) < 4.78 is 26.1. The monoisotopic (exact) mass is 482 g/mol. The van der Waals surface area contributed by atoms with E-state index < -0.39 is 10.0 Å². The first-order chi connectivity index (χ1) is 11.2. The second kappa shape index (κ2) is 11.0. The Hall–Kier alpha value is -0.870. The van der Waals surface area contributed by atoms with E-state index in [1.807, 2.05) is 13.0 Å². The van der Waals surface area contributed by atoms with Crippen molar-refractivity contribution in [2.24, 2.45) is 10.9 Å². The van der Waals surface area contributed by atoms with Crippen molar-refractivity contribution in [1.82, 2.24) is 14.9 Å². The highest BCUT2D eigenvalue weighted by Crippen LogP contribution is 2.19. The SMILES string of the molecule is CCNC(=NCc1ccccc1S(=O)(=O)N(C)C)NC(C)C(C)C.I. The minimum atomic E-state index is -3.48. The molecular weight excluding hydrogens is 451 g/mol. The molecule has 1 atom stereocenters. The molecule has 0 aliphatic heterocycles. The van der Waals surface area contributed by atoms with Crippen LogP contribution in [-0.4, -0.2) is 45.4 Å². The number of nitrogens with zero attached hydrogens (tertiary/aromatic N) is 2. The van der Waals surface area contributed by atoms with Gasteiger partial charge in [-0.05, 0) is 31.4 Å². The number of aliphatic imine (C=N–C) groups is 1. The second-order valence-corrected chi connectivity index (χ2v) is 8.39. The standard InChI is InChI=1S/C17H30N4O2S.HI/c1-7-18-17(20-14(4)13(2)3)19-12-15-10-8-9-11-16(15)24(22,23)21(5)6;/h8-11,13-14H,7,12H2,1-6H3,(H2,18,19,20);1H. The molecule has 0 saturated carbocycles. The van der Waals surface area contributed by atoms with Crippen LogP contribution < -0.4 is 10.6 Å². The average molecular weight is 482 g/mol. The smallest absolute Gasteiger partial charge is 0.242 e. The van der Waals surface area contributed by atoms with E-state index in [2.05, 4.69) is 36.4 Å². The zero-order chi connectivity index (χ0) is 18.3. The number of sulfonamides is 1. The third kappa shape index (κ3) is 7.10. The minimum absolute atomic E-state index is 0. The molecule has 2 N–H and O–H groups in total. The number of benzene rings is 1. The summed E-state index contributed by atoms with van der Waals surface area (Å²) in [7, 11) is -0.415. The van der Waals surface area contributed by atoms with Gasteiger partial charge in [0.2, 0.25) is 10.0 Å². The number of hydrogen-bond donors (Lipinski definition) is 2. The van der Waals surface area contributed by atoms with Crippen molar-refractivity contribution >= 4 is 40.0 Å². The van der Waals surface area contributed by atoms with Crippen LogP contribution in [0, 0.1) is 5.92 Å². The molecule has 0 heterocycles. The molecule has 144 valence electrons. The molecule has 8 heteroatoms. The summed E-state index contributed by atoms with van der Waals surface area (Å²) in [6.45, 7) is 9.42. The summed E-state index contributed by atoms with van der Waals surface area (Å²) >= 11 is 0. The van der Waals surface area contributed by atoms with Gasteiger partial charge in [0, 0.05) is 26.7 Å². The lowest BCUT2D eigenvalue weighted by molar-refractivity contribution is 0.481. The third-order valence-corrected chi connectivity index (χ3v) is 5.76. The van der Waals surface area contributed by atoms with Gasteiger partial charge in [0.05, 0.1) is 11.4 Å². The molecule has 0 radical (unpaired) electrons. The first kappa shape index (κ1) is 24.1. The van der Waals surface area contributed by atoms with E-state index in [9.17, 15) is 8.42 Å². The molecule has 0 aromatic heterocycles. The van der Waals surface area contributed by atoms with Crippen LogP contribution in [0.5, 0.6) is 0 Å². The van der Waals surface area contributed by atoms with Crippen LogP contribution in [0.4, 0.5) is 0 Å². The Morgan fingerprint density at radius 2 is 1.80 bits per heavy atom. The van der Waals surface area contributed by atoms with Crippen LogP contribution in [0.25, 0.3) is 0 Å². The topological polar surface area (TPSA) is 73.8 Å². The lowest BCUT2D eigenvalue weighted by Gasteiger charge is -2.21. The van der Waals surface area contributed by atoms with Crippen LogP contribution in [0.2, 0.25) is 0 Å². The van der Waals surface area contributed by atoms with E-state index in [1.165, 1.54) is 18.4 Å². The molecule has 0 bridgehead atoms. The highest BCUT2D eigenvalue weighted by atomic mass is 127. The van der Waals surface area contributed by atoms with Crippen molar-refractivity contribution in [3.05, 3.63) is 29.8 Å². The quantitative estimate of drug-likeness (QED) is 0.356. The van der Waals surface area contributed by atoms with Crippen LogP contribution in [0.15, 0.2) is 34.2 Å². The van der Waals surface area contributed by atoms with Crippen LogP contribution >= 0.6 is 24.0 Å². The molecular formula is C17H31IN4O2S. The van der Waals surface area contributed by atoms with Crippen molar-refractivity contribution in [2.75, 3.05) is 20.6 Å². The van der Waals surface area contributed by atoms with Gasteiger partial charge in [0.25, 0.3) is 0 Å². The van der Waals surface area contributed by atoms with Crippen molar-refractivity contribution in [1.29, 1.82) is 0 Å². The number of rotatable bonds is 7. The molecule has 0 amide bonds. The molecule has 0 fully saturated rings. The summed E-state index contributed by atoms with van der Waals surface area (Å²) in [6, 6.07) is 7.25. The summed E-state index contributed by atoms with van der Waals surface area (Å²) in [4.78, 5) is 4.85. The maximum absolute atomic E-state index is 12.4. The number of halogens is 1.